The molecule has 0 spiro atoms. The van der Waals surface area contributed by atoms with Gasteiger partial charge in [0.2, 0.25) is 0 Å². The molecule has 0 fully saturated rings. The van der Waals surface area contributed by atoms with Crippen LogP contribution in [0.15, 0.2) is 12.1 Å². The molecule has 1 aromatic carbocycles. The molecule has 0 saturated carbocycles. The van der Waals surface area contributed by atoms with Crippen molar-refractivity contribution in [2.75, 3.05) is 6.54 Å². The first-order chi connectivity index (χ1) is 9.33. The molecule has 1 heteroatoms. The second kappa shape index (κ2) is 7.26. The van der Waals surface area contributed by atoms with Gasteiger partial charge in [-0.05, 0) is 62.1 Å². The summed E-state index contributed by atoms with van der Waals surface area (Å²) in [6, 6.07) is 5.22. The average Bonchev–Trinajstić information content (AvgIpc) is 2.37. The fourth-order valence-corrected chi connectivity index (χ4v) is 3.10. The van der Waals surface area contributed by atoms with E-state index in [0.29, 0.717) is 11.5 Å². The Morgan fingerprint density at radius 1 is 1.00 bits per heavy atom. The minimum atomic E-state index is 0.384. The highest BCUT2D eigenvalue weighted by molar-refractivity contribution is 5.38. The van der Waals surface area contributed by atoms with Crippen molar-refractivity contribution in [3.8, 4) is 0 Å². The summed E-state index contributed by atoms with van der Waals surface area (Å²) in [7, 11) is 0. The number of rotatable bonds is 7. The van der Waals surface area contributed by atoms with Gasteiger partial charge in [0.05, 0.1) is 0 Å². The van der Waals surface area contributed by atoms with Crippen molar-refractivity contribution in [3.63, 3.8) is 0 Å². The quantitative estimate of drug-likeness (QED) is 0.741. The predicted molar refractivity (Wildman–Crippen MR) is 90.5 cm³/mol. The van der Waals surface area contributed by atoms with Crippen LogP contribution in [0.1, 0.15) is 62.8 Å². The molecule has 0 heterocycles. The highest BCUT2D eigenvalue weighted by Crippen LogP contribution is 2.33. The maximum Gasteiger partial charge on any atom is 0.00132 e. The first-order valence-electron chi connectivity index (χ1n) is 8.13. The smallest absolute Gasteiger partial charge is 0.00132 e. The Morgan fingerprint density at radius 2 is 1.50 bits per heavy atom. The van der Waals surface area contributed by atoms with Crippen LogP contribution in [0.4, 0.5) is 0 Å². The molecule has 0 aliphatic heterocycles. The number of aryl methyl sites for hydroxylation is 3. The molecule has 0 aromatic heterocycles. The molecule has 1 rings (SSSR count). The van der Waals surface area contributed by atoms with E-state index < -0.39 is 0 Å². The van der Waals surface area contributed by atoms with Gasteiger partial charge in [-0.15, -0.1) is 0 Å². The van der Waals surface area contributed by atoms with Gasteiger partial charge in [0.1, 0.15) is 0 Å². The van der Waals surface area contributed by atoms with Gasteiger partial charge in [0.15, 0.2) is 0 Å². The first kappa shape index (κ1) is 17.2. The lowest BCUT2D eigenvalue weighted by Gasteiger charge is -2.34. The standard InChI is InChI=1S/C19H33N/c1-8-19(9-2,13-20-14(3)4)12-18-16(6)10-15(5)11-17(18)7/h10-11,14,20H,8-9,12-13H2,1-7H3. The van der Waals surface area contributed by atoms with Gasteiger partial charge in [-0.1, -0.05) is 45.4 Å². The van der Waals surface area contributed by atoms with E-state index in [9.17, 15) is 0 Å². The fourth-order valence-electron chi connectivity index (χ4n) is 3.10. The van der Waals surface area contributed by atoms with Crippen LogP contribution in [0.3, 0.4) is 0 Å². The zero-order valence-electron chi connectivity index (χ0n) is 14.6. The van der Waals surface area contributed by atoms with Crippen molar-refractivity contribution >= 4 is 0 Å². The molecule has 0 amide bonds. The van der Waals surface area contributed by atoms with Crippen LogP contribution in [0.2, 0.25) is 0 Å². The van der Waals surface area contributed by atoms with Gasteiger partial charge in [-0.3, -0.25) is 0 Å². The van der Waals surface area contributed by atoms with E-state index in [1.54, 1.807) is 5.56 Å². The van der Waals surface area contributed by atoms with Gasteiger partial charge in [0, 0.05) is 12.6 Å². The maximum atomic E-state index is 3.66. The van der Waals surface area contributed by atoms with Gasteiger partial charge in [-0.25, -0.2) is 0 Å². The van der Waals surface area contributed by atoms with E-state index in [2.05, 4.69) is 65.9 Å². The summed E-state index contributed by atoms with van der Waals surface area (Å²) in [5, 5.41) is 3.66. The van der Waals surface area contributed by atoms with E-state index in [1.807, 2.05) is 0 Å². The van der Waals surface area contributed by atoms with Gasteiger partial charge >= 0.3 is 0 Å². The van der Waals surface area contributed by atoms with Gasteiger partial charge in [-0.2, -0.15) is 0 Å². The Morgan fingerprint density at radius 3 is 1.90 bits per heavy atom. The lowest BCUT2D eigenvalue weighted by Crippen LogP contribution is -2.38. The maximum absolute atomic E-state index is 3.66. The second-order valence-corrected chi connectivity index (χ2v) is 6.80. The van der Waals surface area contributed by atoms with Crippen molar-refractivity contribution in [3.05, 3.63) is 34.4 Å². The lowest BCUT2D eigenvalue weighted by molar-refractivity contribution is 0.239. The van der Waals surface area contributed by atoms with E-state index in [4.69, 9.17) is 0 Å². The third-order valence-electron chi connectivity index (χ3n) is 4.78. The number of hydrogen-bond donors (Lipinski definition) is 1. The molecule has 114 valence electrons. The molecule has 0 aliphatic carbocycles. The van der Waals surface area contributed by atoms with E-state index in [1.165, 1.54) is 36.0 Å². The summed E-state index contributed by atoms with van der Waals surface area (Å²) in [6.07, 6.45) is 3.66. The molecule has 0 radical (unpaired) electrons. The van der Waals surface area contributed by atoms with Crippen LogP contribution in [0.25, 0.3) is 0 Å². The minimum absolute atomic E-state index is 0.384. The molecule has 0 bridgehead atoms. The third-order valence-corrected chi connectivity index (χ3v) is 4.78. The van der Waals surface area contributed by atoms with Crippen LogP contribution < -0.4 is 5.32 Å². The van der Waals surface area contributed by atoms with Crippen LogP contribution in [-0.2, 0) is 6.42 Å². The summed E-state index contributed by atoms with van der Waals surface area (Å²) in [5.74, 6) is 0. The van der Waals surface area contributed by atoms with Gasteiger partial charge in [0.25, 0.3) is 0 Å². The van der Waals surface area contributed by atoms with Crippen molar-refractivity contribution in [1.29, 1.82) is 0 Å². The zero-order chi connectivity index (χ0) is 15.3. The molecule has 0 aliphatic rings. The topological polar surface area (TPSA) is 12.0 Å². The van der Waals surface area contributed by atoms with Crippen molar-refractivity contribution < 1.29 is 0 Å². The Labute approximate surface area is 126 Å². The fraction of sp³-hybridized carbons (Fsp3) is 0.684. The highest BCUT2D eigenvalue weighted by atomic mass is 14.9. The van der Waals surface area contributed by atoms with Crippen LogP contribution >= 0.6 is 0 Å². The Bertz CT molecular complexity index is 404. The first-order valence-corrected chi connectivity index (χ1v) is 8.13. The lowest BCUT2D eigenvalue weighted by atomic mass is 9.75. The average molecular weight is 275 g/mol. The van der Waals surface area contributed by atoms with Crippen LogP contribution in [-0.4, -0.2) is 12.6 Å². The highest BCUT2D eigenvalue weighted by Gasteiger charge is 2.27. The monoisotopic (exact) mass is 275 g/mol. The molecule has 0 unspecified atom stereocenters. The number of nitrogens with one attached hydrogen (secondary N) is 1. The molecule has 1 nitrogen and oxygen atoms in total. The molecular formula is C19H33N. The number of hydrogen-bond acceptors (Lipinski definition) is 1. The van der Waals surface area contributed by atoms with Crippen molar-refractivity contribution in [2.24, 2.45) is 5.41 Å². The summed E-state index contributed by atoms with van der Waals surface area (Å²) in [6.45, 7) is 17.0. The van der Waals surface area contributed by atoms with E-state index >= 15 is 0 Å². The predicted octanol–water partition coefficient (Wildman–Crippen LogP) is 4.96. The number of benzene rings is 1. The zero-order valence-corrected chi connectivity index (χ0v) is 14.6. The van der Waals surface area contributed by atoms with E-state index in [-0.39, 0.29) is 0 Å². The molecular weight excluding hydrogens is 242 g/mol. The minimum Gasteiger partial charge on any atom is -0.314 e. The molecule has 20 heavy (non-hydrogen) atoms. The largest absolute Gasteiger partial charge is 0.314 e. The third kappa shape index (κ3) is 4.34. The second-order valence-electron chi connectivity index (χ2n) is 6.80. The summed E-state index contributed by atoms with van der Waals surface area (Å²) < 4.78 is 0. The SMILES string of the molecule is CCC(CC)(CNC(C)C)Cc1c(C)cc(C)cc1C. The van der Waals surface area contributed by atoms with E-state index in [0.717, 1.165) is 6.54 Å². The normalized spacial score (nSPS) is 12.2. The molecule has 0 atom stereocenters. The molecule has 1 aromatic rings. The Balaban J connectivity index is 3.01. The summed E-state index contributed by atoms with van der Waals surface area (Å²) in [5.41, 5.74) is 6.24. The molecule has 1 N–H and O–H groups in total. The van der Waals surface area contributed by atoms with Crippen LogP contribution in [0.5, 0.6) is 0 Å². The van der Waals surface area contributed by atoms with Crippen molar-refractivity contribution in [1.82, 2.24) is 5.32 Å². The Hall–Kier alpha value is -0.820. The summed E-state index contributed by atoms with van der Waals surface area (Å²) >= 11 is 0. The Kier molecular flexibility index (Phi) is 6.26. The molecule has 0 saturated heterocycles. The van der Waals surface area contributed by atoms with Crippen molar-refractivity contribution in [2.45, 2.75) is 73.8 Å². The summed E-state index contributed by atoms with van der Waals surface area (Å²) in [4.78, 5) is 0. The van der Waals surface area contributed by atoms with Crippen LogP contribution in [0, 0.1) is 26.2 Å². The van der Waals surface area contributed by atoms with Gasteiger partial charge < -0.3 is 5.32 Å².